The van der Waals surface area contributed by atoms with Crippen molar-refractivity contribution >= 4 is 28.5 Å². The number of ether oxygens (including phenoxy) is 1. The first-order chi connectivity index (χ1) is 19.8. The van der Waals surface area contributed by atoms with Crippen LogP contribution in [0.15, 0.2) is 65.1 Å². The Labute approximate surface area is 239 Å². The summed E-state index contributed by atoms with van der Waals surface area (Å²) in [5.74, 6) is -0.428. The molecule has 2 amide bonds. The molecule has 1 aromatic heterocycles. The summed E-state index contributed by atoms with van der Waals surface area (Å²) in [6.45, 7) is 6.89. The topological polar surface area (TPSA) is 83.8 Å². The first-order valence-electron chi connectivity index (χ1n) is 14.0. The second kappa shape index (κ2) is 11.7. The predicted molar refractivity (Wildman–Crippen MR) is 160 cm³/mol. The largest absolute Gasteiger partial charge is 0.455 e. The van der Waals surface area contributed by atoms with Crippen LogP contribution in [0.3, 0.4) is 0 Å². The maximum absolute atomic E-state index is 13.7. The average Bonchev–Trinajstić information content (AvgIpc) is 3.66. The Bertz CT molecular complexity index is 1570. The summed E-state index contributed by atoms with van der Waals surface area (Å²) in [5, 5.41) is 6.45. The minimum Gasteiger partial charge on any atom is -0.455 e. The lowest BCUT2D eigenvalue weighted by molar-refractivity contribution is 0.0918. The van der Waals surface area contributed by atoms with Crippen LogP contribution in [-0.2, 0) is 4.74 Å². The molecule has 0 bridgehead atoms. The molecule has 2 N–H and O–H groups in total. The number of anilines is 1. The van der Waals surface area contributed by atoms with Crippen molar-refractivity contribution in [2.75, 3.05) is 45.3 Å². The van der Waals surface area contributed by atoms with E-state index in [0.29, 0.717) is 46.6 Å². The Kier molecular flexibility index (Phi) is 8.13. The molecule has 4 aromatic rings. The molecule has 1 aliphatic carbocycles. The standard InChI is InChI=1S/C33H36FN3O4/c1-5-37(6-2)27-18-28-26(29(32(39)35-3)30(41-28)21-10-12-24(34)13-11-21)17-25(27)22-8-7-9-23(16-22)31(38)36-19-33(14-15-33)20-40-4/h7-13,16-18H,5-6,14-15,19-20H2,1-4H3,(H,35,39)(H,36,38). The molecule has 41 heavy (non-hydrogen) atoms. The number of carbonyl (C=O) groups is 2. The molecule has 214 valence electrons. The zero-order valence-corrected chi connectivity index (χ0v) is 24.0. The number of amides is 2. The monoisotopic (exact) mass is 557 g/mol. The van der Waals surface area contributed by atoms with Gasteiger partial charge in [-0.2, -0.15) is 0 Å². The number of nitrogens with one attached hydrogen (secondary N) is 2. The van der Waals surface area contributed by atoms with E-state index in [1.165, 1.54) is 12.1 Å². The number of hydrogen-bond acceptors (Lipinski definition) is 5. The van der Waals surface area contributed by atoms with Gasteiger partial charge in [0, 0.05) is 73.0 Å². The molecular formula is C33H36FN3O4. The van der Waals surface area contributed by atoms with Crippen molar-refractivity contribution in [3.8, 4) is 22.5 Å². The summed E-state index contributed by atoms with van der Waals surface area (Å²) >= 11 is 0. The maximum atomic E-state index is 13.7. The molecule has 0 aliphatic heterocycles. The highest BCUT2D eigenvalue weighted by atomic mass is 19.1. The van der Waals surface area contributed by atoms with E-state index in [2.05, 4.69) is 29.4 Å². The quantitative estimate of drug-likeness (QED) is 0.227. The number of furan rings is 1. The van der Waals surface area contributed by atoms with Crippen LogP contribution in [-0.4, -0.2) is 52.2 Å². The first-order valence-corrected chi connectivity index (χ1v) is 14.0. The normalized spacial score (nSPS) is 13.7. The summed E-state index contributed by atoms with van der Waals surface area (Å²) in [4.78, 5) is 28.5. The number of hydrogen-bond donors (Lipinski definition) is 2. The smallest absolute Gasteiger partial charge is 0.255 e. The molecule has 3 aromatic carbocycles. The third-order valence-electron chi connectivity index (χ3n) is 7.94. The molecule has 1 aliphatic rings. The van der Waals surface area contributed by atoms with Gasteiger partial charge in [-0.15, -0.1) is 0 Å². The van der Waals surface area contributed by atoms with E-state index >= 15 is 0 Å². The highest BCUT2D eigenvalue weighted by Crippen LogP contribution is 2.45. The van der Waals surface area contributed by atoms with Crippen LogP contribution in [0, 0.1) is 11.2 Å². The van der Waals surface area contributed by atoms with Gasteiger partial charge in [0.2, 0.25) is 0 Å². The van der Waals surface area contributed by atoms with E-state index in [1.54, 1.807) is 26.3 Å². The maximum Gasteiger partial charge on any atom is 0.255 e. The fourth-order valence-corrected chi connectivity index (χ4v) is 5.40. The van der Waals surface area contributed by atoms with E-state index < -0.39 is 0 Å². The molecule has 8 heteroatoms. The van der Waals surface area contributed by atoms with Crippen molar-refractivity contribution < 1.29 is 23.1 Å². The van der Waals surface area contributed by atoms with Crippen molar-refractivity contribution in [3.05, 3.63) is 77.6 Å². The minimum absolute atomic E-state index is 0.0444. The molecule has 0 spiro atoms. The minimum atomic E-state index is -0.368. The van der Waals surface area contributed by atoms with Gasteiger partial charge in [-0.25, -0.2) is 4.39 Å². The van der Waals surface area contributed by atoms with Gasteiger partial charge < -0.3 is 24.7 Å². The molecule has 0 unspecified atom stereocenters. The second-order valence-corrected chi connectivity index (χ2v) is 10.6. The van der Waals surface area contributed by atoms with Gasteiger partial charge >= 0.3 is 0 Å². The number of nitrogens with zero attached hydrogens (tertiary/aromatic N) is 1. The second-order valence-electron chi connectivity index (χ2n) is 10.6. The summed E-state index contributed by atoms with van der Waals surface area (Å²) in [6, 6.07) is 17.4. The molecule has 7 nitrogen and oxygen atoms in total. The number of carbonyl (C=O) groups excluding carboxylic acids is 2. The predicted octanol–water partition coefficient (Wildman–Crippen LogP) is 6.27. The Hall–Kier alpha value is -4.17. The van der Waals surface area contributed by atoms with Crippen molar-refractivity contribution in [1.29, 1.82) is 0 Å². The molecular weight excluding hydrogens is 521 g/mol. The van der Waals surface area contributed by atoms with E-state index in [-0.39, 0.29) is 23.0 Å². The molecule has 0 atom stereocenters. The van der Waals surface area contributed by atoms with E-state index in [9.17, 15) is 14.0 Å². The van der Waals surface area contributed by atoms with Gasteiger partial charge in [-0.05, 0) is 74.7 Å². The molecule has 1 saturated carbocycles. The SMILES string of the molecule is CCN(CC)c1cc2oc(-c3ccc(F)cc3)c(C(=O)NC)c2cc1-c1cccc(C(=O)NCC2(COC)CC2)c1. The van der Waals surface area contributed by atoms with Crippen LogP contribution in [0.4, 0.5) is 10.1 Å². The number of rotatable bonds is 11. The van der Waals surface area contributed by atoms with Crippen molar-refractivity contribution in [2.45, 2.75) is 26.7 Å². The van der Waals surface area contributed by atoms with Crippen LogP contribution in [0.25, 0.3) is 33.4 Å². The molecule has 1 fully saturated rings. The Morgan fingerprint density at radius 3 is 2.37 bits per heavy atom. The number of halogens is 1. The van der Waals surface area contributed by atoms with Crippen LogP contribution >= 0.6 is 0 Å². The van der Waals surface area contributed by atoms with Gasteiger partial charge in [0.15, 0.2) is 0 Å². The van der Waals surface area contributed by atoms with Crippen molar-refractivity contribution in [2.24, 2.45) is 5.41 Å². The number of methoxy groups -OCH3 is 1. The first kappa shape index (κ1) is 28.4. The van der Waals surface area contributed by atoms with Crippen LogP contribution in [0.5, 0.6) is 0 Å². The van der Waals surface area contributed by atoms with Gasteiger partial charge in [0.05, 0.1) is 12.2 Å². The zero-order chi connectivity index (χ0) is 29.1. The lowest BCUT2D eigenvalue weighted by atomic mass is 9.96. The van der Waals surface area contributed by atoms with Gasteiger partial charge in [-0.3, -0.25) is 9.59 Å². The lowest BCUT2D eigenvalue weighted by Crippen LogP contribution is -2.32. The molecule has 5 rings (SSSR count). The summed E-state index contributed by atoms with van der Waals surface area (Å²) in [6.07, 6.45) is 2.10. The van der Waals surface area contributed by atoms with Crippen LogP contribution in [0.1, 0.15) is 47.4 Å². The van der Waals surface area contributed by atoms with Crippen molar-refractivity contribution in [3.63, 3.8) is 0 Å². The number of benzene rings is 3. The highest BCUT2D eigenvalue weighted by molar-refractivity contribution is 6.13. The van der Waals surface area contributed by atoms with Gasteiger partial charge in [0.25, 0.3) is 11.8 Å². The van der Waals surface area contributed by atoms with Gasteiger partial charge in [-0.1, -0.05) is 12.1 Å². The van der Waals surface area contributed by atoms with E-state index in [1.807, 2.05) is 36.4 Å². The third-order valence-corrected chi connectivity index (χ3v) is 7.94. The van der Waals surface area contributed by atoms with Gasteiger partial charge in [0.1, 0.15) is 17.2 Å². The third kappa shape index (κ3) is 5.70. The molecule has 1 heterocycles. The molecule has 0 radical (unpaired) electrons. The lowest BCUT2D eigenvalue weighted by Gasteiger charge is -2.24. The summed E-state index contributed by atoms with van der Waals surface area (Å²) in [7, 11) is 3.26. The van der Waals surface area contributed by atoms with E-state index in [0.717, 1.165) is 42.7 Å². The van der Waals surface area contributed by atoms with Crippen LogP contribution in [0.2, 0.25) is 0 Å². The molecule has 0 saturated heterocycles. The Balaban J connectivity index is 1.61. The Morgan fingerprint density at radius 1 is 1.00 bits per heavy atom. The van der Waals surface area contributed by atoms with E-state index in [4.69, 9.17) is 9.15 Å². The van der Waals surface area contributed by atoms with Crippen LogP contribution < -0.4 is 15.5 Å². The highest BCUT2D eigenvalue weighted by Gasteiger charge is 2.42. The van der Waals surface area contributed by atoms with Crippen molar-refractivity contribution in [1.82, 2.24) is 10.6 Å². The fraction of sp³-hybridized carbons (Fsp3) is 0.333. The average molecular weight is 558 g/mol. The Morgan fingerprint density at radius 2 is 1.73 bits per heavy atom. The summed E-state index contributed by atoms with van der Waals surface area (Å²) < 4.78 is 25.3. The summed E-state index contributed by atoms with van der Waals surface area (Å²) in [5.41, 5.74) is 4.80. The fourth-order valence-electron chi connectivity index (χ4n) is 5.40. The number of fused-ring (bicyclic) bond motifs is 1. The zero-order valence-electron chi connectivity index (χ0n) is 24.0.